The summed E-state index contributed by atoms with van der Waals surface area (Å²) in [6, 6.07) is 13.6. The summed E-state index contributed by atoms with van der Waals surface area (Å²) >= 11 is 1.47. The quantitative estimate of drug-likeness (QED) is 0.702. The standard InChI is InChI=1S/C20H24N2O2S/c1-4-5-19(23)21-16-8-10-17(11-9-16)25-13-20(24)22-18-12-14(2)6-7-15(18)3/h6-12H,4-5,13H2,1-3H3,(H,21,23)(H,22,24). The lowest BCUT2D eigenvalue weighted by Gasteiger charge is -2.09. The summed E-state index contributed by atoms with van der Waals surface area (Å²) in [7, 11) is 0. The van der Waals surface area contributed by atoms with Crippen molar-refractivity contribution in [1.82, 2.24) is 0 Å². The molecular weight excluding hydrogens is 332 g/mol. The van der Waals surface area contributed by atoms with E-state index in [1.165, 1.54) is 11.8 Å². The zero-order valence-electron chi connectivity index (χ0n) is 14.9. The fourth-order valence-corrected chi connectivity index (χ4v) is 2.99. The molecule has 0 atom stereocenters. The van der Waals surface area contributed by atoms with Crippen LogP contribution in [0.15, 0.2) is 47.4 Å². The highest BCUT2D eigenvalue weighted by Crippen LogP contribution is 2.22. The number of hydrogen-bond acceptors (Lipinski definition) is 3. The summed E-state index contributed by atoms with van der Waals surface area (Å²) < 4.78 is 0. The van der Waals surface area contributed by atoms with Gasteiger partial charge in [0.05, 0.1) is 5.75 Å². The molecule has 0 saturated carbocycles. The Morgan fingerprint density at radius 2 is 1.68 bits per heavy atom. The molecule has 0 aliphatic rings. The van der Waals surface area contributed by atoms with Crippen LogP contribution in [0, 0.1) is 13.8 Å². The maximum Gasteiger partial charge on any atom is 0.234 e. The number of anilines is 2. The summed E-state index contributed by atoms with van der Waals surface area (Å²) in [5.74, 6) is 0.337. The fraction of sp³-hybridized carbons (Fsp3) is 0.300. The van der Waals surface area contributed by atoms with Gasteiger partial charge in [-0.1, -0.05) is 19.1 Å². The molecule has 0 heterocycles. The number of hydrogen-bond donors (Lipinski definition) is 2. The van der Waals surface area contributed by atoms with Crippen molar-refractivity contribution in [2.75, 3.05) is 16.4 Å². The topological polar surface area (TPSA) is 58.2 Å². The van der Waals surface area contributed by atoms with Crippen LogP contribution in [0.4, 0.5) is 11.4 Å². The van der Waals surface area contributed by atoms with Crippen molar-refractivity contribution in [2.24, 2.45) is 0 Å². The zero-order chi connectivity index (χ0) is 18.2. The third kappa shape index (κ3) is 6.27. The lowest BCUT2D eigenvalue weighted by Crippen LogP contribution is -2.15. The second kappa shape index (κ2) is 9.28. The van der Waals surface area contributed by atoms with Crippen molar-refractivity contribution in [3.63, 3.8) is 0 Å². The van der Waals surface area contributed by atoms with Gasteiger partial charge in [0.2, 0.25) is 11.8 Å². The van der Waals surface area contributed by atoms with Crippen LogP contribution in [0.5, 0.6) is 0 Å². The van der Waals surface area contributed by atoms with Crippen LogP contribution in [0.2, 0.25) is 0 Å². The van der Waals surface area contributed by atoms with Gasteiger partial charge in [-0.05, 0) is 61.7 Å². The van der Waals surface area contributed by atoms with E-state index in [9.17, 15) is 9.59 Å². The minimum Gasteiger partial charge on any atom is -0.326 e. The highest BCUT2D eigenvalue weighted by atomic mass is 32.2. The van der Waals surface area contributed by atoms with Gasteiger partial charge in [0.25, 0.3) is 0 Å². The van der Waals surface area contributed by atoms with Gasteiger partial charge in [-0.15, -0.1) is 11.8 Å². The molecule has 0 unspecified atom stereocenters. The van der Waals surface area contributed by atoms with Gasteiger partial charge in [0, 0.05) is 22.7 Å². The summed E-state index contributed by atoms with van der Waals surface area (Å²) in [6.07, 6.45) is 1.35. The second-order valence-electron chi connectivity index (χ2n) is 5.98. The van der Waals surface area contributed by atoms with E-state index in [1.807, 2.05) is 63.2 Å². The number of thioether (sulfide) groups is 1. The maximum atomic E-state index is 12.1. The molecule has 132 valence electrons. The largest absolute Gasteiger partial charge is 0.326 e. The number of rotatable bonds is 7. The molecule has 4 nitrogen and oxygen atoms in total. The first-order valence-corrected chi connectivity index (χ1v) is 9.36. The molecule has 2 amide bonds. The highest BCUT2D eigenvalue weighted by Gasteiger charge is 2.07. The minimum absolute atomic E-state index is 0.0239. The second-order valence-corrected chi connectivity index (χ2v) is 7.03. The van der Waals surface area contributed by atoms with Crippen LogP contribution in [0.1, 0.15) is 30.9 Å². The summed E-state index contributed by atoms with van der Waals surface area (Å²) in [6.45, 7) is 5.96. The van der Waals surface area contributed by atoms with E-state index in [0.717, 1.165) is 33.8 Å². The summed E-state index contributed by atoms with van der Waals surface area (Å²) in [5.41, 5.74) is 3.81. The van der Waals surface area contributed by atoms with Gasteiger partial charge >= 0.3 is 0 Å². The van der Waals surface area contributed by atoms with Gasteiger partial charge < -0.3 is 10.6 Å². The summed E-state index contributed by atoms with van der Waals surface area (Å²) in [4.78, 5) is 24.7. The van der Waals surface area contributed by atoms with E-state index >= 15 is 0 Å². The van der Waals surface area contributed by atoms with Crippen molar-refractivity contribution in [1.29, 1.82) is 0 Å². The number of amides is 2. The zero-order valence-corrected chi connectivity index (χ0v) is 15.7. The number of nitrogens with one attached hydrogen (secondary N) is 2. The van der Waals surface area contributed by atoms with Crippen molar-refractivity contribution in [2.45, 2.75) is 38.5 Å². The van der Waals surface area contributed by atoms with E-state index in [-0.39, 0.29) is 11.8 Å². The number of aryl methyl sites for hydroxylation is 2. The Bertz CT molecular complexity index is 742. The molecular formula is C20H24N2O2S. The lowest BCUT2D eigenvalue weighted by molar-refractivity contribution is -0.116. The molecule has 0 radical (unpaired) electrons. The molecule has 0 aliphatic heterocycles. The Morgan fingerprint density at radius 1 is 0.960 bits per heavy atom. The third-order valence-corrected chi connectivity index (χ3v) is 4.66. The molecule has 2 N–H and O–H groups in total. The van der Waals surface area contributed by atoms with Crippen LogP contribution in [0.3, 0.4) is 0 Å². The van der Waals surface area contributed by atoms with E-state index < -0.39 is 0 Å². The third-order valence-electron chi connectivity index (χ3n) is 3.65. The van der Waals surface area contributed by atoms with Gasteiger partial charge in [0.15, 0.2) is 0 Å². The van der Waals surface area contributed by atoms with Crippen molar-refractivity contribution < 1.29 is 9.59 Å². The van der Waals surface area contributed by atoms with Gasteiger partial charge in [-0.3, -0.25) is 9.59 Å². The van der Waals surface area contributed by atoms with Crippen molar-refractivity contribution in [3.8, 4) is 0 Å². The predicted molar refractivity (Wildman–Crippen MR) is 105 cm³/mol. The molecule has 0 bridgehead atoms. The molecule has 0 saturated heterocycles. The first-order chi connectivity index (χ1) is 12.0. The maximum absolute atomic E-state index is 12.1. The van der Waals surface area contributed by atoms with E-state index in [1.54, 1.807) is 0 Å². The SMILES string of the molecule is CCCC(=O)Nc1ccc(SCC(=O)Nc2cc(C)ccc2C)cc1. The van der Waals surface area contributed by atoms with Crippen LogP contribution in [-0.4, -0.2) is 17.6 Å². The fourth-order valence-electron chi connectivity index (χ4n) is 2.29. The molecule has 0 spiro atoms. The smallest absolute Gasteiger partial charge is 0.234 e. The van der Waals surface area contributed by atoms with E-state index in [2.05, 4.69) is 10.6 Å². The molecule has 0 aliphatic carbocycles. The molecule has 25 heavy (non-hydrogen) atoms. The van der Waals surface area contributed by atoms with Crippen LogP contribution in [0.25, 0.3) is 0 Å². The Hall–Kier alpha value is -2.27. The summed E-state index contributed by atoms with van der Waals surface area (Å²) in [5, 5.41) is 5.81. The number of carbonyl (C=O) groups is 2. The van der Waals surface area contributed by atoms with E-state index in [0.29, 0.717) is 12.2 Å². The molecule has 2 rings (SSSR count). The number of carbonyl (C=O) groups excluding carboxylic acids is 2. The molecule has 5 heteroatoms. The van der Waals surface area contributed by atoms with Crippen LogP contribution < -0.4 is 10.6 Å². The normalized spacial score (nSPS) is 10.4. The average molecular weight is 356 g/mol. The molecule has 2 aromatic rings. The Kier molecular flexibility index (Phi) is 7.07. The van der Waals surface area contributed by atoms with Gasteiger partial charge in [-0.2, -0.15) is 0 Å². The number of benzene rings is 2. The molecule has 2 aromatic carbocycles. The Labute approximate surface area is 153 Å². The van der Waals surface area contributed by atoms with E-state index in [4.69, 9.17) is 0 Å². The lowest BCUT2D eigenvalue weighted by atomic mass is 10.1. The Morgan fingerprint density at radius 3 is 2.36 bits per heavy atom. The first-order valence-electron chi connectivity index (χ1n) is 8.37. The monoisotopic (exact) mass is 356 g/mol. The highest BCUT2D eigenvalue weighted by molar-refractivity contribution is 8.00. The van der Waals surface area contributed by atoms with Gasteiger partial charge in [0.1, 0.15) is 0 Å². The van der Waals surface area contributed by atoms with Crippen molar-refractivity contribution >= 4 is 35.0 Å². The molecule has 0 fully saturated rings. The predicted octanol–water partition coefficient (Wildman–Crippen LogP) is 4.77. The first kappa shape index (κ1) is 19.1. The minimum atomic E-state index is -0.0287. The van der Waals surface area contributed by atoms with Crippen LogP contribution in [-0.2, 0) is 9.59 Å². The average Bonchev–Trinajstić information content (AvgIpc) is 2.58. The van der Waals surface area contributed by atoms with Crippen LogP contribution >= 0.6 is 11.8 Å². The van der Waals surface area contributed by atoms with Crippen molar-refractivity contribution in [3.05, 3.63) is 53.6 Å². The van der Waals surface area contributed by atoms with Gasteiger partial charge in [-0.25, -0.2) is 0 Å². The Balaban J connectivity index is 1.85. The molecule has 0 aromatic heterocycles.